The van der Waals surface area contributed by atoms with Crippen molar-refractivity contribution in [3.8, 4) is 0 Å². The lowest BCUT2D eigenvalue weighted by Crippen LogP contribution is -2.47. The number of hydrazone groups is 1. The van der Waals surface area contributed by atoms with Crippen LogP contribution in [0.15, 0.2) is 47.6 Å². The van der Waals surface area contributed by atoms with E-state index in [2.05, 4.69) is 51.6 Å². The van der Waals surface area contributed by atoms with Gasteiger partial charge in [-0.3, -0.25) is 9.69 Å². The average molecular weight is 310 g/mol. The molecule has 5 nitrogen and oxygen atoms in total. The number of fused-ring (bicyclic) bond motifs is 1. The predicted molar refractivity (Wildman–Crippen MR) is 93.6 cm³/mol. The molecular weight excluding hydrogens is 288 g/mol. The van der Waals surface area contributed by atoms with E-state index in [1.807, 2.05) is 18.2 Å². The summed E-state index contributed by atoms with van der Waals surface area (Å²) in [6, 6.07) is 14.3. The van der Waals surface area contributed by atoms with Crippen LogP contribution in [0.1, 0.15) is 5.56 Å². The van der Waals surface area contributed by atoms with Crippen LogP contribution in [0.25, 0.3) is 10.8 Å². The van der Waals surface area contributed by atoms with E-state index in [9.17, 15) is 4.79 Å². The van der Waals surface area contributed by atoms with Gasteiger partial charge in [-0.05, 0) is 29.4 Å². The number of hydrogen-bond acceptors (Lipinski definition) is 4. The van der Waals surface area contributed by atoms with Crippen molar-refractivity contribution in [2.45, 2.75) is 0 Å². The smallest absolute Gasteiger partial charge is 0.254 e. The van der Waals surface area contributed by atoms with Gasteiger partial charge < -0.3 is 4.90 Å². The Bertz CT molecular complexity index is 705. The second-order valence-electron chi connectivity index (χ2n) is 5.98. The van der Waals surface area contributed by atoms with Crippen LogP contribution in [0.4, 0.5) is 0 Å². The van der Waals surface area contributed by atoms with Gasteiger partial charge in [-0.25, -0.2) is 5.43 Å². The van der Waals surface area contributed by atoms with Crippen molar-refractivity contribution in [2.24, 2.45) is 5.10 Å². The maximum absolute atomic E-state index is 11.9. The second kappa shape index (κ2) is 7.35. The summed E-state index contributed by atoms with van der Waals surface area (Å²) in [4.78, 5) is 16.3. The summed E-state index contributed by atoms with van der Waals surface area (Å²) in [5, 5.41) is 6.43. The largest absolute Gasteiger partial charge is 0.304 e. The van der Waals surface area contributed by atoms with E-state index in [-0.39, 0.29) is 5.91 Å². The first-order valence-electron chi connectivity index (χ1n) is 7.92. The van der Waals surface area contributed by atoms with Gasteiger partial charge in [-0.1, -0.05) is 36.4 Å². The zero-order chi connectivity index (χ0) is 16.1. The summed E-state index contributed by atoms with van der Waals surface area (Å²) in [5.74, 6) is -0.0633. The van der Waals surface area contributed by atoms with Crippen molar-refractivity contribution >= 4 is 22.9 Å². The Morgan fingerprint density at radius 3 is 2.65 bits per heavy atom. The lowest BCUT2D eigenvalue weighted by atomic mass is 10.1. The number of carbonyl (C=O) groups excluding carboxylic acids is 1. The summed E-state index contributed by atoms with van der Waals surface area (Å²) in [6.07, 6.45) is 1.69. The molecule has 0 spiro atoms. The first-order valence-corrected chi connectivity index (χ1v) is 7.92. The van der Waals surface area contributed by atoms with Crippen molar-refractivity contribution in [1.29, 1.82) is 0 Å². The van der Waals surface area contributed by atoms with Gasteiger partial charge in [0.05, 0.1) is 12.8 Å². The predicted octanol–water partition coefficient (Wildman–Crippen LogP) is 1.54. The molecule has 1 heterocycles. The number of nitrogens with zero attached hydrogens (tertiary/aromatic N) is 3. The summed E-state index contributed by atoms with van der Waals surface area (Å²) >= 11 is 0. The number of likely N-dealkylation sites (N-methyl/N-ethyl adjacent to an activating group) is 1. The van der Waals surface area contributed by atoms with E-state index in [1.54, 1.807) is 6.21 Å². The van der Waals surface area contributed by atoms with Gasteiger partial charge in [0, 0.05) is 26.2 Å². The molecule has 0 radical (unpaired) electrons. The molecule has 3 rings (SSSR count). The number of nitrogens with one attached hydrogen (secondary N) is 1. The monoisotopic (exact) mass is 310 g/mol. The van der Waals surface area contributed by atoms with E-state index in [0.29, 0.717) is 6.54 Å². The Hall–Kier alpha value is -2.24. The van der Waals surface area contributed by atoms with Crippen LogP contribution in [0, 0.1) is 0 Å². The lowest BCUT2D eigenvalue weighted by Gasteiger charge is -2.31. The topological polar surface area (TPSA) is 47.9 Å². The molecule has 2 aromatic carbocycles. The third kappa shape index (κ3) is 4.37. The van der Waals surface area contributed by atoms with E-state index >= 15 is 0 Å². The van der Waals surface area contributed by atoms with Gasteiger partial charge in [-0.15, -0.1) is 0 Å². The molecule has 0 aliphatic carbocycles. The molecule has 1 saturated heterocycles. The van der Waals surface area contributed by atoms with Gasteiger partial charge >= 0.3 is 0 Å². The van der Waals surface area contributed by atoms with Crippen LogP contribution in [-0.2, 0) is 4.79 Å². The third-order valence-corrected chi connectivity index (χ3v) is 4.14. The summed E-state index contributed by atoms with van der Waals surface area (Å²) < 4.78 is 0. The fraction of sp³-hybridized carbons (Fsp3) is 0.333. The van der Waals surface area contributed by atoms with E-state index in [4.69, 9.17) is 0 Å². The Morgan fingerprint density at radius 2 is 1.87 bits per heavy atom. The fourth-order valence-electron chi connectivity index (χ4n) is 2.71. The molecule has 1 aliphatic rings. The maximum atomic E-state index is 11.9. The zero-order valence-electron chi connectivity index (χ0n) is 13.4. The van der Waals surface area contributed by atoms with Crippen molar-refractivity contribution in [3.63, 3.8) is 0 Å². The molecule has 23 heavy (non-hydrogen) atoms. The first-order chi connectivity index (χ1) is 11.2. The molecule has 0 saturated carbocycles. The minimum absolute atomic E-state index is 0.0633. The van der Waals surface area contributed by atoms with Crippen molar-refractivity contribution in [3.05, 3.63) is 48.0 Å². The van der Waals surface area contributed by atoms with Gasteiger partial charge in [-0.2, -0.15) is 5.10 Å². The zero-order valence-corrected chi connectivity index (χ0v) is 13.4. The fourth-order valence-corrected chi connectivity index (χ4v) is 2.71. The minimum Gasteiger partial charge on any atom is -0.304 e. The second-order valence-corrected chi connectivity index (χ2v) is 5.98. The standard InChI is InChI=1S/C18H22N4O/c1-21-8-10-22(11-9-21)14-18(23)20-19-13-15-6-7-16-4-2-3-5-17(16)12-15/h2-7,12-13H,8-11,14H2,1H3,(H,20,23)/b19-13-. The Balaban J connectivity index is 1.52. The molecule has 0 unspecified atom stereocenters. The Kier molecular flexibility index (Phi) is 5.00. The molecule has 120 valence electrons. The van der Waals surface area contributed by atoms with Crippen LogP contribution in [0.5, 0.6) is 0 Å². The third-order valence-electron chi connectivity index (χ3n) is 4.14. The van der Waals surface area contributed by atoms with Crippen LogP contribution in [0.3, 0.4) is 0 Å². The molecule has 2 aromatic rings. The molecule has 1 aliphatic heterocycles. The molecule has 0 atom stereocenters. The minimum atomic E-state index is -0.0633. The summed E-state index contributed by atoms with van der Waals surface area (Å²) in [7, 11) is 2.10. The van der Waals surface area contributed by atoms with E-state index < -0.39 is 0 Å². The van der Waals surface area contributed by atoms with E-state index in [1.165, 1.54) is 10.8 Å². The molecule has 0 aromatic heterocycles. The van der Waals surface area contributed by atoms with Crippen LogP contribution in [-0.4, -0.2) is 61.7 Å². The van der Waals surface area contributed by atoms with Gasteiger partial charge in [0.2, 0.25) is 0 Å². The SMILES string of the molecule is CN1CCN(CC(=O)N/N=C\c2ccc3ccccc3c2)CC1. The van der Waals surface area contributed by atoms with Gasteiger partial charge in [0.1, 0.15) is 0 Å². The lowest BCUT2D eigenvalue weighted by molar-refractivity contribution is -0.122. The highest BCUT2D eigenvalue weighted by Crippen LogP contribution is 2.14. The van der Waals surface area contributed by atoms with Crippen LogP contribution >= 0.6 is 0 Å². The summed E-state index contributed by atoms with van der Waals surface area (Å²) in [6.45, 7) is 4.28. The number of hydrogen-bond donors (Lipinski definition) is 1. The highest BCUT2D eigenvalue weighted by atomic mass is 16.2. The molecule has 1 amide bonds. The molecular formula is C18H22N4O. The van der Waals surface area contributed by atoms with E-state index in [0.717, 1.165) is 31.7 Å². The number of benzene rings is 2. The highest BCUT2D eigenvalue weighted by molar-refractivity contribution is 5.90. The Morgan fingerprint density at radius 1 is 1.13 bits per heavy atom. The number of rotatable bonds is 4. The highest BCUT2D eigenvalue weighted by Gasteiger charge is 2.15. The van der Waals surface area contributed by atoms with Crippen LogP contribution < -0.4 is 5.43 Å². The normalized spacial score (nSPS) is 16.9. The number of amides is 1. The van der Waals surface area contributed by atoms with Gasteiger partial charge in [0.25, 0.3) is 5.91 Å². The quantitative estimate of drug-likeness (QED) is 0.688. The number of carbonyl (C=O) groups is 1. The summed E-state index contributed by atoms with van der Waals surface area (Å²) in [5.41, 5.74) is 3.59. The maximum Gasteiger partial charge on any atom is 0.254 e. The van der Waals surface area contributed by atoms with Crippen molar-refractivity contribution in [2.75, 3.05) is 39.8 Å². The van der Waals surface area contributed by atoms with Crippen molar-refractivity contribution < 1.29 is 4.79 Å². The molecule has 0 bridgehead atoms. The van der Waals surface area contributed by atoms with Gasteiger partial charge in [0.15, 0.2) is 0 Å². The van der Waals surface area contributed by atoms with Crippen molar-refractivity contribution in [1.82, 2.24) is 15.2 Å². The molecule has 5 heteroatoms. The number of piperazine rings is 1. The molecule has 1 N–H and O–H groups in total. The Labute approximate surface area is 136 Å². The average Bonchev–Trinajstić information content (AvgIpc) is 2.57. The van der Waals surface area contributed by atoms with Crippen LogP contribution in [0.2, 0.25) is 0 Å². The first kappa shape index (κ1) is 15.6. The molecule has 1 fully saturated rings.